The van der Waals surface area contributed by atoms with Crippen molar-refractivity contribution in [3.63, 3.8) is 0 Å². The molecule has 1 atom stereocenters. The van der Waals surface area contributed by atoms with E-state index in [0.717, 1.165) is 44.0 Å². The second-order valence-corrected chi connectivity index (χ2v) is 8.16. The summed E-state index contributed by atoms with van der Waals surface area (Å²) in [5.74, 6) is -0.401. The Kier molecular flexibility index (Phi) is 8.62. The molecule has 6 heteroatoms. The number of hydrogen-bond donors (Lipinski definition) is 1. The molecule has 1 fully saturated rings. The first-order valence-electron chi connectivity index (χ1n) is 11.0. The highest BCUT2D eigenvalue weighted by Gasteiger charge is 2.32. The molecular weight excluding hydrogens is 390 g/mol. The smallest absolute Gasteiger partial charge is 0.247 e. The number of nitrogens with zero attached hydrogens (tertiary/aromatic N) is 2. The van der Waals surface area contributed by atoms with E-state index in [4.69, 9.17) is 4.74 Å². The first kappa shape index (κ1) is 23.0. The first-order valence-corrected chi connectivity index (χ1v) is 11.0. The summed E-state index contributed by atoms with van der Waals surface area (Å²) in [5.41, 5.74) is 1.81. The zero-order chi connectivity index (χ0) is 22.1. The fourth-order valence-corrected chi connectivity index (χ4v) is 3.78. The van der Waals surface area contributed by atoms with Crippen molar-refractivity contribution in [3.8, 4) is 0 Å². The molecule has 1 unspecified atom stereocenters. The second-order valence-electron chi connectivity index (χ2n) is 8.16. The molecule has 3 rings (SSSR count). The minimum Gasteiger partial charge on any atom is -0.379 e. The molecule has 1 aliphatic heterocycles. The van der Waals surface area contributed by atoms with Crippen LogP contribution < -0.4 is 5.32 Å². The van der Waals surface area contributed by atoms with Crippen LogP contribution in [0, 0.1) is 5.92 Å². The van der Waals surface area contributed by atoms with Gasteiger partial charge in [-0.3, -0.25) is 14.5 Å². The number of benzene rings is 2. The summed E-state index contributed by atoms with van der Waals surface area (Å²) in [6, 6.07) is 18.7. The van der Waals surface area contributed by atoms with Crippen molar-refractivity contribution in [3.05, 3.63) is 71.8 Å². The number of carbonyl (C=O) groups excluding carboxylic acids is 2. The number of morpholine rings is 1. The summed E-state index contributed by atoms with van der Waals surface area (Å²) in [4.78, 5) is 30.6. The van der Waals surface area contributed by atoms with Crippen molar-refractivity contribution in [2.75, 3.05) is 39.4 Å². The van der Waals surface area contributed by atoms with Gasteiger partial charge in [0.05, 0.1) is 13.2 Å². The van der Waals surface area contributed by atoms with Crippen LogP contribution in [-0.4, -0.2) is 61.0 Å². The molecule has 1 aliphatic rings. The Morgan fingerprint density at radius 3 is 2.23 bits per heavy atom. The summed E-state index contributed by atoms with van der Waals surface area (Å²) in [6.07, 6.45) is 0. The van der Waals surface area contributed by atoms with Crippen molar-refractivity contribution >= 4 is 11.8 Å². The second kappa shape index (κ2) is 11.6. The Balaban J connectivity index is 1.80. The van der Waals surface area contributed by atoms with Crippen molar-refractivity contribution in [1.82, 2.24) is 15.1 Å². The standard InChI is InChI=1S/C25H33N3O3/c1-20(2)25(30)28(19-21-9-5-3-6-10-21)23(22-11-7-4-8-12-22)24(29)26-13-14-27-15-17-31-18-16-27/h3-12,20,23H,13-19H2,1-2H3,(H,26,29). The highest BCUT2D eigenvalue weighted by Crippen LogP contribution is 2.25. The minimum atomic E-state index is -0.680. The predicted octanol–water partition coefficient (Wildman–Crippen LogP) is 2.86. The summed E-state index contributed by atoms with van der Waals surface area (Å²) in [6.45, 7) is 8.66. The fraction of sp³-hybridized carbons (Fsp3) is 0.440. The third-order valence-corrected chi connectivity index (χ3v) is 5.48. The lowest BCUT2D eigenvalue weighted by atomic mass is 10.0. The van der Waals surface area contributed by atoms with E-state index in [9.17, 15) is 9.59 Å². The number of nitrogens with one attached hydrogen (secondary N) is 1. The quantitative estimate of drug-likeness (QED) is 0.674. The number of carbonyl (C=O) groups is 2. The molecule has 166 valence electrons. The normalized spacial score (nSPS) is 15.5. The molecular formula is C25H33N3O3. The largest absolute Gasteiger partial charge is 0.379 e. The lowest BCUT2D eigenvalue weighted by molar-refractivity contribution is -0.144. The number of amides is 2. The highest BCUT2D eigenvalue weighted by molar-refractivity contribution is 5.89. The molecule has 0 saturated carbocycles. The van der Waals surface area contributed by atoms with E-state index in [1.54, 1.807) is 4.90 Å². The Morgan fingerprint density at radius 2 is 1.61 bits per heavy atom. The van der Waals surface area contributed by atoms with Crippen molar-refractivity contribution < 1.29 is 14.3 Å². The van der Waals surface area contributed by atoms with Crippen LogP contribution in [0.4, 0.5) is 0 Å². The molecule has 2 aromatic carbocycles. The fourth-order valence-electron chi connectivity index (χ4n) is 3.78. The Morgan fingerprint density at radius 1 is 1.00 bits per heavy atom. The van der Waals surface area contributed by atoms with E-state index in [1.807, 2.05) is 74.5 Å². The van der Waals surface area contributed by atoms with Gasteiger partial charge in [0.25, 0.3) is 0 Å². The molecule has 2 amide bonds. The zero-order valence-electron chi connectivity index (χ0n) is 18.5. The average molecular weight is 424 g/mol. The molecule has 0 aliphatic carbocycles. The van der Waals surface area contributed by atoms with E-state index >= 15 is 0 Å². The van der Waals surface area contributed by atoms with Gasteiger partial charge in [0.2, 0.25) is 11.8 Å². The van der Waals surface area contributed by atoms with Crippen molar-refractivity contribution in [1.29, 1.82) is 0 Å². The Bertz CT molecular complexity index is 820. The molecule has 0 bridgehead atoms. The monoisotopic (exact) mass is 423 g/mol. The van der Waals surface area contributed by atoms with E-state index in [2.05, 4.69) is 10.2 Å². The van der Waals surface area contributed by atoms with Crippen LogP contribution in [0.2, 0.25) is 0 Å². The van der Waals surface area contributed by atoms with E-state index in [-0.39, 0.29) is 17.7 Å². The molecule has 1 saturated heterocycles. The van der Waals surface area contributed by atoms with E-state index < -0.39 is 6.04 Å². The Labute approximate surface area is 185 Å². The molecule has 1 N–H and O–H groups in total. The van der Waals surface area contributed by atoms with Gasteiger partial charge >= 0.3 is 0 Å². The van der Waals surface area contributed by atoms with Gasteiger partial charge in [-0.2, -0.15) is 0 Å². The number of ether oxygens (including phenoxy) is 1. The predicted molar refractivity (Wildman–Crippen MR) is 121 cm³/mol. The number of hydrogen-bond acceptors (Lipinski definition) is 4. The maximum atomic E-state index is 13.4. The lowest BCUT2D eigenvalue weighted by Gasteiger charge is -2.33. The highest BCUT2D eigenvalue weighted by atomic mass is 16.5. The van der Waals surface area contributed by atoms with Gasteiger partial charge in [-0.1, -0.05) is 74.5 Å². The minimum absolute atomic E-state index is 0.0407. The van der Waals surface area contributed by atoms with Gasteiger partial charge in [-0.15, -0.1) is 0 Å². The van der Waals surface area contributed by atoms with Gasteiger partial charge in [0.1, 0.15) is 6.04 Å². The summed E-state index contributed by atoms with van der Waals surface area (Å²) >= 11 is 0. The zero-order valence-corrected chi connectivity index (χ0v) is 18.5. The maximum Gasteiger partial charge on any atom is 0.247 e. The third-order valence-electron chi connectivity index (χ3n) is 5.48. The van der Waals surface area contributed by atoms with Gasteiger partial charge in [0.15, 0.2) is 0 Å². The van der Waals surface area contributed by atoms with Gasteiger partial charge in [0, 0.05) is 38.6 Å². The molecule has 6 nitrogen and oxygen atoms in total. The maximum absolute atomic E-state index is 13.4. The van der Waals surface area contributed by atoms with Crippen molar-refractivity contribution in [2.45, 2.75) is 26.4 Å². The van der Waals surface area contributed by atoms with Crippen LogP contribution in [0.5, 0.6) is 0 Å². The van der Waals surface area contributed by atoms with Crippen LogP contribution in [-0.2, 0) is 20.9 Å². The first-order chi connectivity index (χ1) is 15.1. The van der Waals surface area contributed by atoms with Crippen LogP contribution in [0.15, 0.2) is 60.7 Å². The van der Waals surface area contributed by atoms with E-state index in [1.165, 1.54) is 0 Å². The number of rotatable bonds is 9. The molecule has 31 heavy (non-hydrogen) atoms. The molecule has 0 radical (unpaired) electrons. The summed E-state index contributed by atoms with van der Waals surface area (Å²) in [7, 11) is 0. The topological polar surface area (TPSA) is 61.9 Å². The van der Waals surface area contributed by atoms with E-state index in [0.29, 0.717) is 13.1 Å². The lowest BCUT2D eigenvalue weighted by Crippen LogP contribution is -2.47. The average Bonchev–Trinajstić information content (AvgIpc) is 2.80. The van der Waals surface area contributed by atoms with Crippen LogP contribution in [0.3, 0.4) is 0 Å². The van der Waals surface area contributed by atoms with Crippen LogP contribution in [0.25, 0.3) is 0 Å². The molecule has 0 aromatic heterocycles. The molecule has 1 heterocycles. The van der Waals surface area contributed by atoms with Crippen molar-refractivity contribution in [2.24, 2.45) is 5.92 Å². The SMILES string of the molecule is CC(C)C(=O)N(Cc1ccccc1)C(C(=O)NCCN1CCOCC1)c1ccccc1. The van der Waals surface area contributed by atoms with Gasteiger partial charge in [-0.25, -0.2) is 0 Å². The van der Waals surface area contributed by atoms with Crippen LogP contribution >= 0.6 is 0 Å². The molecule has 0 spiro atoms. The van der Waals surface area contributed by atoms with Gasteiger partial charge in [-0.05, 0) is 11.1 Å². The summed E-state index contributed by atoms with van der Waals surface area (Å²) in [5, 5.41) is 3.07. The van der Waals surface area contributed by atoms with Crippen LogP contribution in [0.1, 0.15) is 31.0 Å². The van der Waals surface area contributed by atoms with Gasteiger partial charge < -0.3 is 15.0 Å². The Hall–Kier alpha value is -2.70. The molecule has 2 aromatic rings. The summed E-state index contributed by atoms with van der Waals surface area (Å²) < 4.78 is 5.39. The third kappa shape index (κ3) is 6.64.